The number of thiocarbonyl (C=S) groups is 1. The molecule has 0 atom stereocenters. The zero-order chi connectivity index (χ0) is 10.1. The normalized spacial score (nSPS) is 16.9. The Labute approximate surface area is 80.1 Å². The van der Waals surface area contributed by atoms with Crippen molar-refractivity contribution in [2.75, 3.05) is 13.6 Å². The maximum atomic E-state index is 11.9. The molecule has 0 bridgehead atoms. The van der Waals surface area contributed by atoms with Gasteiger partial charge in [0, 0.05) is 13.1 Å². The van der Waals surface area contributed by atoms with Gasteiger partial charge in [-0.3, -0.25) is 0 Å². The van der Waals surface area contributed by atoms with Gasteiger partial charge < -0.3 is 10.2 Å². The van der Waals surface area contributed by atoms with Gasteiger partial charge in [-0.15, -0.1) is 0 Å². The highest BCUT2D eigenvalue weighted by Crippen LogP contribution is 2.20. The summed E-state index contributed by atoms with van der Waals surface area (Å²) in [6.07, 6.45) is -2.19. The first kappa shape index (κ1) is 10.6. The van der Waals surface area contributed by atoms with Crippen molar-refractivity contribution in [3.8, 4) is 0 Å². The molecule has 1 aliphatic carbocycles. The fourth-order valence-electron chi connectivity index (χ4n) is 0.853. The molecule has 0 aliphatic heterocycles. The van der Waals surface area contributed by atoms with Gasteiger partial charge in [-0.25, -0.2) is 0 Å². The molecule has 76 valence electrons. The van der Waals surface area contributed by atoms with E-state index in [4.69, 9.17) is 12.2 Å². The first-order valence-corrected chi connectivity index (χ1v) is 4.38. The number of nitrogens with zero attached hydrogens (tertiary/aromatic N) is 1. The summed E-state index contributed by atoms with van der Waals surface area (Å²) in [6, 6.07) is 0.295. The zero-order valence-electron chi connectivity index (χ0n) is 7.19. The fraction of sp³-hybridized carbons (Fsp3) is 0.857. The Bertz CT molecular complexity index is 200. The molecule has 1 rings (SSSR count). The summed E-state index contributed by atoms with van der Waals surface area (Å²) in [7, 11) is 1.34. The molecule has 0 radical (unpaired) electrons. The second kappa shape index (κ2) is 3.69. The average molecular weight is 212 g/mol. The summed E-state index contributed by atoms with van der Waals surface area (Å²) < 4.78 is 35.7. The van der Waals surface area contributed by atoms with E-state index in [2.05, 4.69) is 5.32 Å². The van der Waals surface area contributed by atoms with Gasteiger partial charge in [0.1, 0.15) is 6.54 Å². The molecule has 6 heteroatoms. The van der Waals surface area contributed by atoms with Crippen molar-refractivity contribution in [1.29, 1.82) is 0 Å². The average Bonchev–Trinajstić information content (AvgIpc) is 2.67. The van der Waals surface area contributed by atoms with Crippen LogP contribution in [0, 0.1) is 0 Å². The molecule has 0 aromatic carbocycles. The van der Waals surface area contributed by atoms with Crippen LogP contribution in [-0.2, 0) is 0 Å². The molecule has 0 aromatic rings. The third-order valence-electron chi connectivity index (χ3n) is 1.67. The predicted octanol–water partition coefficient (Wildman–Crippen LogP) is 1.52. The molecule has 0 saturated heterocycles. The third kappa shape index (κ3) is 4.31. The Morgan fingerprint density at radius 3 is 2.46 bits per heavy atom. The van der Waals surface area contributed by atoms with E-state index >= 15 is 0 Å². The quantitative estimate of drug-likeness (QED) is 0.699. The molecule has 2 nitrogen and oxygen atoms in total. The Balaban J connectivity index is 2.28. The Morgan fingerprint density at radius 1 is 1.54 bits per heavy atom. The molecular formula is C7H11F3N2S. The van der Waals surface area contributed by atoms with E-state index in [1.807, 2.05) is 0 Å². The molecule has 0 aromatic heterocycles. The van der Waals surface area contributed by atoms with Crippen LogP contribution in [-0.4, -0.2) is 35.8 Å². The maximum absolute atomic E-state index is 11.9. The first-order valence-electron chi connectivity index (χ1n) is 3.97. The lowest BCUT2D eigenvalue weighted by Gasteiger charge is -2.22. The van der Waals surface area contributed by atoms with Crippen LogP contribution in [0.5, 0.6) is 0 Å². The Kier molecular flexibility index (Phi) is 3.00. The second-order valence-corrected chi connectivity index (χ2v) is 3.58. The summed E-state index contributed by atoms with van der Waals surface area (Å²) in [4.78, 5) is 1.01. The SMILES string of the molecule is CN(CC(F)(F)F)C(=S)NC1CC1. The minimum Gasteiger partial charge on any atom is -0.360 e. The topological polar surface area (TPSA) is 15.3 Å². The van der Waals surface area contributed by atoms with Crippen LogP contribution in [0.1, 0.15) is 12.8 Å². The molecule has 0 heterocycles. The number of rotatable bonds is 2. The highest BCUT2D eigenvalue weighted by Gasteiger charge is 2.31. The van der Waals surface area contributed by atoms with Crippen molar-refractivity contribution < 1.29 is 13.2 Å². The molecule has 0 spiro atoms. The minimum absolute atomic E-state index is 0.180. The van der Waals surface area contributed by atoms with Crippen LogP contribution in [0.2, 0.25) is 0 Å². The van der Waals surface area contributed by atoms with E-state index in [1.165, 1.54) is 7.05 Å². The molecule has 0 amide bonds. The van der Waals surface area contributed by atoms with Crippen molar-refractivity contribution >= 4 is 17.3 Å². The smallest absolute Gasteiger partial charge is 0.360 e. The van der Waals surface area contributed by atoms with Gasteiger partial charge in [0.05, 0.1) is 0 Å². The molecule has 1 aliphatic rings. The van der Waals surface area contributed by atoms with Gasteiger partial charge >= 0.3 is 6.18 Å². The summed E-state index contributed by atoms with van der Waals surface area (Å²) in [5.74, 6) is 0. The Morgan fingerprint density at radius 2 is 2.08 bits per heavy atom. The zero-order valence-corrected chi connectivity index (χ0v) is 8.00. The number of hydrogen-bond donors (Lipinski definition) is 1. The summed E-state index contributed by atoms with van der Waals surface area (Å²) in [5, 5.41) is 3.01. The van der Waals surface area contributed by atoms with Crippen LogP contribution in [0.25, 0.3) is 0 Å². The van der Waals surface area contributed by atoms with Gasteiger partial charge in [-0.2, -0.15) is 13.2 Å². The van der Waals surface area contributed by atoms with Gasteiger partial charge in [-0.05, 0) is 25.1 Å². The van der Waals surface area contributed by atoms with E-state index in [9.17, 15) is 13.2 Å². The molecular weight excluding hydrogens is 201 g/mol. The summed E-state index contributed by atoms with van der Waals surface area (Å²) >= 11 is 4.78. The van der Waals surface area contributed by atoms with Gasteiger partial charge in [-0.1, -0.05) is 0 Å². The van der Waals surface area contributed by atoms with Crippen LogP contribution in [0.4, 0.5) is 13.2 Å². The van der Waals surface area contributed by atoms with Crippen LogP contribution in [0.15, 0.2) is 0 Å². The van der Waals surface area contributed by atoms with Gasteiger partial charge in [0.2, 0.25) is 0 Å². The number of halogens is 3. The number of alkyl halides is 3. The standard InChI is InChI=1S/C7H11F3N2S/c1-12(4-7(8,9)10)6(13)11-5-2-3-5/h5H,2-4H2,1H3,(H,11,13). The lowest BCUT2D eigenvalue weighted by atomic mass is 10.5. The highest BCUT2D eigenvalue weighted by molar-refractivity contribution is 7.80. The van der Waals surface area contributed by atoms with E-state index in [1.54, 1.807) is 0 Å². The number of hydrogen-bond acceptors (Lipinski definition) is 1. The van der Waals surface area contributed by atoms with Gasteiger partial charge in [0.15, 0.2) is 5.11 Å². The predicted molar refractivity (Wildman–Crippen MR) is 47.4 cm³/mol. The molecule has 1 fully saturated rings. The van der Waals surface area contributed by atoms with Crippen molar-refractivity contribution in [2.24, 2.45) is 0 Å². The molecule has 13 heavy (non-hydrogen) atoms. The number of nitrogens with one attached hydrogen (secondary N) is 1. The van der Waals surface area contributed by atoms with E-state index in [0.717, 1.165) is 17.7 Å². The van der Waals surface area contributed by atoms with E-state index in [-0.39, 0.29) is 5.11 Å². The maximum Gasteiger partial charge on any atom is 0.405 e. The first-order chi connectivity index (χ1) is 5.88. The largest absolute Gasteiger partial charge is 0.405 e. The highest BCUT2D eigenvalue weighted by atomic mass is 32.1. The van der Waals surface area contributed by atoms with Crippen molar-refractivity contribution in [3.63, 3.8) is 0 Å². The van der Waals surface area contributed by atoms with Gasteiger partial charge in [0.25, 0.3) is 0 Å². The lowest BCUT2D eigenvalue weighted by Crippen LogP contribution is -2.42. The van der Waals surface area contributed by atoms with Crippen LogP contribution >= 0.6 is 12.2 Å². The summed E-state index contributed by atoms with van der Waals surface area (Å²) in [5.41, 5.74) is 0. The van der Waals surface area contributed by atoms with E-state index in [0.29, 0.717) is 6.04 Å². The van der Waals surface area contributed by atoms with Crippen LogP contribution < -0.4 is 5.32 Å². The molecule has 0 unspecified atom stereocenters. The summed E-state index contributed by atoms with van der Waals surface area (Å²) in [6.45, 7) is -0.994. The fourth-order valence-corrected chi connectivity index (χ4v) is 1.08. The monoisotopic (exact) mass is 212 g/mol. The Hall–Kier alpha value is -0.520. The van der Waals surface area contributed by atoms with Crippen molar-refractivity contribution in [1.82, 2.24) is 10.2 Å². The van der Waals surface area contributed by atoms with Crippen LogP contribution in [0.3, 0.4) is 0 Å². The second-order valence-electron chi connectivity index (χ2n) is 3.20. The third-order valence-corrected chi connectivity index (χ3v) is 2.10. The molecule has 1 saturated carbocycles. The molecule has 1 N–H and O–H groups in total. The van der Waals surface area contributed by atoms with Crippen molar-refractivity contribution in [2.45, 2.75) is 25.1 Å². The van der Waals surface area contributed by atoms with E-state index < -0.39 is 12.7 Å². The van der Waals surface area contributed by atoms with Crippen molar-refractivity contribution in [3.05, 3.63) is 0 Å². The lowest BCUT2D eigenvalue weighted by molar-refractivity contribution is -0.135. The minimum atomic E-state index is -4.19.